The maximum absolute atomic E-state index is 11.9. The fraction of sp³-hybridized carbons (Fsp3) is 0.737. The summed E-state index contributed by atoms with van der Waals surface area (Å²) < 4.78 is 7.40. The fourth-order valence-corrected chi connectivity index (χ4v) is 2.96. The zero-order valence-corrected chi connectivity index (χ0v) is 17.7. The molecule has 1 fully saturated rings. The molecule has 2 rings (SSSR count). The summed E-state index contributed by atoms with van der Waals surface area (Å²) in [5.74, 6) is 0.661. The molecule has 0 atom stereocenters. The van der Waals surface area contributed by atoms with Crippen LogP contribution in [0.5, 0.6) is 0 Å². The van der Waals surface area contributed by atoms with Gasteiger partial charge >= 0.3 is 0 Å². The van der Waals surface area contributed by atoms with Crippen LogP contribution in [0.2, 0.25) is 0 Å². The van der Waals surface area contributed by atoms with Crippen LogP contribution in [-0.2, 0) is 16.1 Å². The van der Waals surface area contributed by atoms with Gasteiger partial charge in [-0.25, -0.2) is 4.99 Å². The quantitative estimate of drug-likeness (QED) is 0.345. The maximum atomic E-state index is 11.9. The number of hydrogen-bond acceptors (Lipinski definition) is 5. The summed E-state index contributed by atoms with van der Waals surface area (Å²) in [6, 6.07) is 2.08. The van der Waals surface area contributed by atoms with E-state index in [0.29, 0.717) is 5.96 Å². The second-order valence-corrected chi connectivity index (χ2v) is 7.26. The molecule has 0 saturated carbocycles. The summed E-state index contributed by atoms with van der Waals surface area (Å²) in [5.41, 5.74) is 2.21. The molecule has 9 nitrogen and oxygen atoms in total. The Morgan fingerprint density at radius 1 is 1.21 bits per heavy atom. The summed E-state index contributed by atoms with van der Waals surface area (Å²) in [4.78, 5) is 20.2. The zero-order valence-electron chi connectivity index (χ0n) is 17.7. The summed E-state index contributed by atoms with van der Waals surface area (Å²) >= 11 is 0. The van der Waals surface area contributed by atoms with Crippen molar-refractivity contribution in [1.29, 1.82) is 0 Å². The van der Waals surface area contributed by atoms with Gasteiger partial charge in [-0.2, -0.15) is 5.10 Å². The first-order valence-electron chi connectivity index (χ1n) is 9.99. The van der Waals surface area contributed by atoms with E-state index in [4.69, 9.17) is 4.74 Å². The van der Waals surface area contributed by atoms with E-state index in [0.717, 1.165) is 64.6 Å². The van der Waals surface area contributed by atoms with Crippen LogP contribution in [0.1, 0.15) is 17.8 Å². The van der Waals surface area contributed by atoms with Crippen molar-refractivity contribution in [2.24, 2.45) is 4.99 Å². The van der Waals surface area contributed by atoms with Gasteiger partial charge in [0.2, 0.25) is 5.91 Å². The van der Waals surface area contributed by atoms with Gasteiger partial charge in [0.05, 0.1) is 18.9 Å². The summed E-state index contributed by atoms with van der Waals surface area (Å²) in [6.07, 6.45) is 0.924. The van der Waals surface area contributed by atoms with Gasteiger partial charge in [-0.05, 0) is 26.3 Å². The van der Waals surface area contributed by atoms with Crippen molar-refractivity contribution in [3.8, 4) is 0 Å². The van der Waals surface area contributed by atoms with Crippen molar-refractivity contribution in [3.05, 3.63) is 17.5 Å². The number of carbonyl (C=O) groups is 1. The third-order valence-corrected chi connectivity index (χ3v) is 4.64. The molecule has 1 amide bonds. The Labute approximate surface area is 168 Å². The first kappa shape index (κ1) is 22.2. The van der Waals surface area contributed by atoms with Gasteiger partial charge in [-0.3, -0.25) is 14.4 Å². The standard InChI is InChI=1S/C19H35N7O2/c1-16-14-17(2)26(23-16)8-5-6-20-19(22-15-18(27)24(3)4)21-7-9-25-10-12-28-13-11-25/h14H,5-13,15H2,1-4H3,(H2,20,21,22). The molecule has 0 aliphatic carbocycles. The Morgan fingerprint density at radius 2 is 1.93 bits per heavy atom. The number of rotatable bonds is 9. The number of aliphatic imine (C=N–C) groups is 1. The highest BCUT2D eigenvalue weighted by atomic mass is 16.5. The normalized spacial score (nSPS) is 15.5. The lowest BCUT2D eigenvalue weighted by atomic mass is 10.4. The van der Waals surface area contributed by atoms with Gasteiger partial charge in [-0.1, -0.05) is 0 Å². The number of hydrogen-bond donors (Lipinski definition) is 2. The molecule has 2 N–H and O–H groups in total. The smallest absolute Gasteiger partial charge is 0.243 e. The lowest BCUT2D eigenvalue weighted by molar-refractivity contribution is -0.127. The molecule has 0 bridgehead atoms. The third-order valence-electron chi connectivity index (χ3n) is 4.64. The Balaban J connectivity index is 1.78. The average molecular weight is 394 g/mol. The van der Waals surface area contributed by atoms with Crippen LogP contribution >= 0.6 is 0 Å². The SMILES string of the molecule is Cc1cc(C)n(CCCNC(=NCC(=O)N(C)C)NCCN2CCOCC2)n1. The lowest BCUT2D eigenvalue weighted by Gasteiger charge is -2.26. The second-order valence-electron chi connectivity index (χ2n) is 7.26. The van der Waals surface area contributed by atoms with Crippen molar-refractivity contribution in [1.82, 2.24) is 30.2 Å². The Kier molecular flexibility index (Phi) is 9.22. The Bertz CT molecular complexity index is 636. The maximum Gasteiger partial charge on any atom is 0.243 e. The molecule has 1 aromatic rings. The molecule has 1 aromatic heterocycles. The van der Waals surface area contributed by atoms with Crippen molar-refractivity contribution in [3.63, 3.8) is 0 Å². The molecular weight excluding hydrogens is 358 g/mol. The van der Waals surface area contributed by atoms with Crippen LogP contribution in [0.25, 0.3) is 0 Å². The van der Waals surface area contributed by atoms with Crippen LogP contribution < -0.4 is 10.6 Å². The van der Waals surface area contributed by atoms with Crippen molar-refractivity contribution >= 4 is 11.9 Å². The van der Waals surface area contributed by atoms with Crippen molar-refractivity contribution in [2.75, 3.05) is 66.6 Å². The van der Waals surface area contributed by atoms with Gasteiger partial charge in [-0.15, -0.1) is 0 Å². The van der Waals surface area contributed by atoms with E-state index in [1.165, 1.54) is 5.69 Å². The van der Waals surface area contributed by atoms with E-state index in [2.05, 4.69) is 38.6 Å². The number of aromatic nitrogens is 2. The third kappa shape index (κ3) is 7.85. The predicted octanol–water partition coefficient (Wildman–Crippen LogP) is -0.154. The number of ether oxygens (including phenoxy) is 1. The van der Waals surface area contributed by atoms with Gasteiger partial charge in [0, 0.05) is 59.1 Å². The van der Waals surface area contributed by atoms with Gasteiger partial charge < -0.3 is 20.3 Å². The average Bonchev–Trinajstić information content (AvgIpc) is 3.00. The fourth-order valence-electron chi connectivity index (χ4n) is 2.96. The number of nitrogens with zero attached hydrogens (tertiary/aromatic N) is 5. The molecule has 28 heavy (non-hydrogen) atoms. The topological polar surface area (TPSA) is 87.0 Å². The highest BCUT2D eigenvalue weighted by molar-refractivity contribution is 5.84. The first-order valence-corrected chi connectivity index (χ1v) is 9.99. The van der Waals surface area contributed by atoms with Crippen LogP contribution in [0.3, 0.4) is 0 Å². The lowest BCUT2D eigenvalue weighted by Crippen LogP contribution is -2.45. The highest BCUT2D eigenvalue weighted by Gasteiger charge is 2.10. The Hall–Kier alpha value is -2.13. The molecule has 1 aliphatic heterocycles. The van der Waals surface area contributed by atoms with E-state index in [1.807, 2.05) is 11.6 Å². The van der Waals surface area contributed by atoms with Gasteiger partial charge in [0.15, 0.2) is 5.96 Å². The zero-order chi connectivity index (χ0) is 20.4. The predicted molar refractivity (Wildman–Crippen MR) is 111 cm³/mol. The van der Waals surface area contributed by atoms with Gasteiger partial charge in [0.25, 0.3) is 0 Å². The molecule has 1 saturated heterocycles. The first-order chi connectivity index (χ1) is 13.5. The molecule has 0 radical (unpaired) electrons. The number of amides is 1. The van der Waals surface area contributed by atoms with Crippen LogP contribution in [0.15, 0.2) is 11.1 Å². The van der Waals surface area contributed by atoms with E-state index >= 15 is 0 Å². The number of carbonyl (C=O) groups excluding carboxylic acids is 1. The van der Waals surface area contributed by atoms with E-state index in [1.54, 1.807) is 19.0 Å². The van der Waals surface area contributed by atoms with E-state index in [9.17, 15) is 4.79 Å². The largest absolute Gasteiger partial charge is 0.379 e. The van der Waals surface area contributed by atoms with Crippen LogP contribution in [-0.4, -0.2) is 98.0 Å². The minimum atomic E-state index is -0.0167. The molecule has 9 heteroatoms. The minimum Gasteiger partial charge on any atom is -0.379 e. The molecule has 1 aliphatic rings. The number of guanidine groups is 1. The molecule has 0 spiro atoms. The number of aryl methyl sites for hydroxylation is 3. The van der Waals surface area contributed by atoms with E-state index < -0.39 is 0 Å². The van der Waals surface area contributed by atoms with Crippen LogP contribution in [0.4, 0.5) is 0 Å². The molecule has 158 valence electrons. The van der Waals surface area contributed by atoms with Crippen molar-refractivity contribution < 1.29 is 9.53 Å². The molecule has 0 aromatic carbocycles. The Morgan fingerprint density at radius 3 is 2.57 bits per heavy atom. The number of nitrogens with one attached hydrogen (secondary N) is 2. The van der Waals surface area contributed by atoms with Crippen molar-refractivity contribution in [2.45, 2.75) is 26.8 Å². The molecular formula is C19H35N7O2. The van der Waals surface area contributed by atoms with Gasteiger partial charge in [0.1, 0.15) is 6.54 Å². The summed E-state index contributed by atoms with van der Waals surface area (Å²) in [7, 11) is 3.48. The molecule has 2 heterocycles. The minimum absolute atomic E-state index is 0.0167. The number of morpholine rings is 1. The monoisotopic (exact) mass is 393 g/mol. The second kappa shape index (κ2) is 11.7. The van der Waals surface area contributed by atoms with E-state index in [-0.39, 0.29) is 12.5 Å². The molecule has 0 unspecified atom stereocenters. The highest BCUT2D eigenvalue weighted by Crippen LogP contribution is 2.02. The summed E-state index contributed by atoms with van der Waals surface area (Å²) in [6.45, 7) is 11.0. The van der Waals surface area contributed by atoms with Crippen LogP contribution in [0, 0.1) is 13.8 Å². The number of likely N-dealkylation sites (N-methyl/N-ethyl adjacent to an activating group) is 1. The summed E-state index contributed by atoms with van der Waals surface area (Å²) in [5, 5.41) is 11.2.